The number of nitrogens with zero attached hydrogens (tertiary/aromatic N) is 1. The van der Waals surface area contributed by atoms with E-state index in [1.807, 2.05) is 7.05 Å². The molecule has 0 bridgehead atoms. The number of rotatable bonds is 8. The van der Waals surface area contributed by atoms with E-state index in [2.05, 4.69) is 17.1 Å². The number of aliphatic hydroxyl groups excluding tert-OH is 1. The van der Waals surface area contributed by atoms with Gasteiger partial charge < -0.3 is 15.3 Å². The van der Waals surface area contributed by atoms with Gasteiger partial charge in [-0.1, -0.05) is 6.92 Å². The third-order valence-electron chi connectivity index (χ3n) is 4.31. The molecule has 0 aromatic heterocycles. The molecule has 1 fully saturated rings. The number of hydrogen-bond acceptors (Lipinski definition) is 5. The smallest absolute Gasteiger partial charge is 0.148 e. The van der Waals surface area contributed by atoms with E-state index in [1.165, 1.54) is 6.26 Å². The topological polar surface area (TPSA) is 69.6 Å². The Labute approximate surface area is 123 Å². The molecule has 0 aliphatic heterocycles. The van der Waals surface area contributed by atoms with Crippen molar-refractivity contribution in [2.45, 2.75) is 50.6 Å². The van der Waals surface area contributed by atoms with E-state index >= 15 is 0 Å². The molecule has 1 aliphatic rings. The maximum atomic E-state index is 11.3. The second kappa shape index (κ2) is 7.73. The lowest BCUT2D eigenvalue weighted by Gasteiger charge is -2.43. The minimum absolute atomic E-state index is 0.156. The van der Waals surface area contributed by atoms with Crippen LogP contribution in [0.1, 0.15) is 39.0 Å². The van der Waals surface area contributed by atoms with Gasteiger partial charge in [-0.2, -0.15) is 0 Å². The Morgan fingerprint density at radius 1 is 1.45 bits per heavy atom. The van der Waals surface area contributed by atoms with Gasteiger partial charge in [0.1, 0.15) is 9.84 Å². The van der Waals surface area contributed by atoms with Gasteiger partial charge in [0.15, 0.2) is 0 Å². The molecule has 20 heavy (non-hydrogen) atoms. The lowest BCUT2D eigenvalue weighted by Crippen LogP contribution is -2.55. The first kappa shape index (κ1) is 17.9. The Kier molecular flexibility index (Phi) is 6.91. The zero-order chi connectivity index (χ0) is 15.2. The minimum atomic E-state index is -2.91. The molecule has 2 N–H and O–H groups in total. The second-order valence-corrected chi connectivity index (χ2v) is 8.49. The molecule has 2 unspecified atom stereocenters. The first-order valence-electron chi connectivity index (χ1n) is 7.56. The van der Waals surface area contributed by atoms with Crippen LogP contribution in [0.25, 0.3) is 0 Å². The molecule has 1 saturated carbocycles. The Bertz CT molecular complexity index is 386. The highest BCUT2D eigenvalue weighted by Crippen LogP contribution is 2.30. The van der Waals surface area contributed by atoms with Crippen LogP contribution < -0.4 is 5.32 Å². The van der Waals surface area contributed by atoms with Gasteiger partial charge in [0, 0.05) is 24.4 Å². The van der Waals surface area contributed by atoms with E-state index in [-0.39, 0.29) is 17.9 Å². The average Bonchev–Trinajstić information content (AvgIpc) is 2.42. The van der Waals surface area contributed by atoms with Crippen LogP contribution >= 0.6 is 0 Å². The Morgan fingerprint density at radius 3 is 2.70 bits per heavy atom. The summed E-state index contributed by atoms with van der Waals surface area (Å²) >= 11 is 0. The minimum Gasteiger partial charge on any atom is -0.394 e. The van der Waals surface area contributed by atoms with Crippen molar-refractivity contribution in [2.24, 2.45) is 0 Å². The van der Waals surface area contributed by atoms with Crippen molar-refractivity contribution < 1.29 is 13.5 Å². The first-order valence-corrected chi connectivity index (χ1v) is 9.62. The van der Waals surface area contributed by atoms with Crippen molar-refractivity contribution in [3.05, 3.63) is 0 Å². The molecule has 2 atom stereocenters. The van der Waals surface area contributed by atoms with E-state index in [1.54, 1.807) is 0 Å². The van der Waals surface area contributed by atoms with Crippen molar-refractivity contribution in [2.75, 3.05) is 38.8 Å². The fourth-order valence-electron chi connectivity index (χ4n) is 2.95. The van der Waals surface area contributed by atoms with Crippen molar-refractivity contribution in [1.82, 2.24) is 10.2 Å². The molecule has 1 aliphatic carbocycles. The summed E-state index contributed by atoms with van der Waals surface area (Å²) in [5.41, 5.74) is -0.182. The molecule has 0 aromatic rings. The number of hydrogen-bond donors (Lipinski definition) is 2. The zero-order valence-electron chi connectivity index (χ0n) is 13.1. The van der Waals surface area contributed by atoms with Gasteiger partial charge in [-0.05, 0) is 45.7 Å². The van der Waals surface area contributed by atoms with Crippen LogP contribution in [0.15, 0.2) is 0 Å². The summed E-state index contributed by atoms with van der Waals surface area (Å²) in [4.78, 5) is 2.14. The summed E-state index contributed by atoms with van der Waals surface area (Å²) in [6.07, 6.45) is 6.38. The number of sulfone groups is 1. The largest absolute Gasteiger partial charge is 0.394 e. The van der Waals surface area contributed by atoms with Crippen LogP contribution in [0.3, 0.4) is 0 Å². The Morgan fingerprint density at radius 2 is 2.15 bits per heavy atom. The molecule has 0 aromatic carbocycles. The normalized spacial score (nSPS) is 27.9. The van der Waals surface area contributed by atoms with Crippen molar-refractivity contribution in [3.63, 3.8) is 0 Å². The highest BCUT2D eigenvalue weighted by atomic mass is 32.2. The van der Waals surface area contributed by atoms with Crippen LogP contribution in [0.5, 0.6) is 0 Å². The SMILES string of the molecule is CCCNC1(CO)CCCC(N(C)CCS(C)(=O)=O)C1. The number of nitrogens with one attached hydrogen (secondary N) is 1. The van der Waals surface area contributed by atoms with Crippen LogP contribution in [0.4, 0.5) is 0 Å². The molecule has 0 saturated heterocycles. The average molecular weight is 306 g/mol. The third-order valence-corrected chi connectivity index (χ3v) is 5.23. The van der Waals surface area contributed by atoms with Gasteiger partial charge in [0.05, 0.1) is 12.4 Å². The van der Waals surface area contributed by atoms with Gasteiger partial charge >= 0.3 is 0 Å². The fourth-order valence-corrected chi connectivity index (χ4v) is 3.57. The summed E-state index contributed by atoms with van der Waals surface area (Å²) in [5.74, 6) is 0.203. The first-order chi connectivity index (χ1) is 9.32. The van der Waals surface area contributed by atoms with Crippen LogP contribution in [0, 0.1) is 0 Å². The molecular weight excluding hydrogens is 276 g/mol. The maximum absolute atomic E-state index is 11.3. The number of aliphatic hydroxyl groups is 1. The van der Waals surface area contributed by atoms with Crippen molar-refractivity contribution in [1.29, 1.82) is 0 Å². The quantitative estimate of drug-likeness (QED) is 0.688. The standard InChI is InChI=1S/C14H30N2O3S/c1-4-8-15-14(12-17)7-5-6-13(11-14)16(2)9-10-20(3,18)19/h13,15,17H,4-12H2,1-3H3. The van der Waals surface area contributed by atoms with Gasteiger partial charge in [-0.15, -0.1) is 0 Å². The molecule has 0 spiro atoms. The molecule has 0 radical (unpaired) electrons. The van der Waals surface area contributed by atoms with E-state index in [0.717, 1.165) is 38.6 Å². The molecule has 0 heterocycles. The zero-order valence-corrected chi connectivity index (χ0v) is 13.9. The third kappa shape index (κ3) is 5.68. The predicted molar refractivity (Wildman–Crippen MR) is 82.7 cm³/mol. The van der Waals surface area contributed by atoms with E-state index in [0.29, 0.717) is 12.6 Å². The van der Waals surface area contributed by atoms with E-state index in [9.17, 15) is 13.5 Å². The molecule has 0 amide bonds. The van der Waals surface area contributed by atoms with E-state index in [4.69, 9.17) is 0 Å². The highest BCUT2D eigenvalue weighted by Gasteiger charge is 2.36. The summed E-state index contributed by atoms with van der Waals surface area (Å²) in [5, 5.41) is 13.2. The molecular formula is C14H30N2O3S. The van der Waals surface area contributed by atoms with E-state index < -0.39 is 9.84 Å². The molecule has 5 nitrogen and oxygen atoms in total. The predicted octanol–water partition coefficient (Wildman–Crippen LogP) is 0.636. The molecule has 1 rings (SSSR count). The summed E-state index contributed by atoms with van der Waals surface area (Å²) in [6, 6.07) is 0.349. The lowest BCUT2D eigenvalue weighted by molar-refractivity contribution is 0.0719. The monoisotopic (exact) mass is 306 g/mol. The van der Waals surface area contributed by atoms with Crippen LogP contribution in [-0.4, -0.2) is 68.8 Å². The Hall–Kier alpha value is -0.170. The summed E-state index contributed by atoms with van der Waals surface area (Å²) < 4.78 is 22.5. The van der Waals surface area contributed by atoms with Crippen molar-refractivity contribution in [3.8, 4) is 0 Å². The summed E-state index contributed by atoms with van der Waals surface area (Å²) in [7, 11) is -0.924. The molecule has 6 heteroatoms. The Balaban J connectivity index is 2.58. The van der Waals surface area contributed by atoms with Crippen LogP contribution in [-0.2, 0) is 9.84 Å². The summed E-state index contributed by atoms with van der Waals surface area (Å²) in [6.45, 7) is 3.76. The highest BCUT2D eigenvalue weighted by molar-refractivity contribution is 7.90. The second-order valence-electron chi connectivity index (χ2n) is 6.23. The maximum Gasteiger partial charge on any atom is 0.148 e. The lowest BCUT2D eigenvalue weighted by atomic mass is 9.79. The van der Waals surface area contributed by atoms with Crippen LogP contribution in [0.2, 0.25) is 0 Å². The fraction of sp³-hybridized carbons (Fsp3) is 1.00. The van der Waals surface area contributed by atoms with Gasteiger partial charge in [0.25, 0.3) is 0 Å². The van der Waals surface area contributed by atoms with Crippen molar-refractivity contribution >= 4 is 9.84 Å². The van der Waals surface area contributed by atoms with Gasteiger partial charge in [-0.25, -0.2) is 8.42 Å². The van der Waals surface area contributed by atoms with Gasteiger partial charge in [0.2, 0.25) is 0 Å². The molecule has 120 valence electrons. The van der Waals surface area contributed by atoms with Gasteiger partial charge in [-0.3, -0.25) is 0 Å².